The van der Waals surface area contributed by atoms with Crippen LogP contribution in [0.2, 0.25) is 0 Å². The Bertz CT molecular complexity index is 468. The van der Waals surface area contributed by atoms with Crippen molar-refractivity contribution in [3.63, 3.8) is 0 Å². The highest BCUT2D eigenvalue weighted by atomic mass is 127. The quantitative estimate of drug-likeness (QED) is 0.306. The Balaban J connectivity index is 0.00000288. The van der Waals surface area contributed by atoms with Gasteiger partial charge in [0.15, 0.2) is 5.96 Å². The second-order valence-electron chi connectivity index (χ2n) is 6.90. The van der Waals surface area contributed by atoms with Crippen molar-refractivity contribution in [2.75, 3.05) is 33.2 Å². The van der Waals surface area contributed by atoms with Crippen molar-refractivity contribution < 1.29 is 0 Å². The van der Waals surface area contributed by atoms with E-state index in [-0.39, 0.29) is 24.0 Å². The van der Waals surface area contributed by atoms with Crippen LogP contribution in [-0.4, -0.2) is 44.1 Å². The summed E-state index contributed by atoms with van der Waals surface area (Å²) in [5.41, 5.74) is 1.27. The van der Waals surface area contributed by atoms with Crippen LogP contribution in [0.5, 0.6) is 0 Å². The van der Waals surface area contributed by atoms with Gasteiger partial charge in [0.05, 0.1) is 0 Å². The minimum absolute atomic E-state index is 0. The molecule has 0 amide bonds. The molecule has 0 spiro atoms. The van der Waals surface area contributed by atoms with Gasteiger partial charge in [-0.1, -0.05) is 44.2 Å². The molecule has 1 fully saturated rings. The van der Waals surface area contributed by atoms with Crippen molar-refractivity contribution in [3.05, 3.63) is 35.9 Å². The lowest BCUT2D eigenvalue weighted by atomic mass is 9.92. The lowest BCUT2D eigenvalue weighted by Gasteiger charge is -2.35. The van der Waals surface area contributed by atoms with Crippen LogP contribution in [0.25, 0.3) is 0 Å². The zero-order chi connectivity index (χ0) is 16.5. The number of likely N-dealkylation sites (tertiary alicyclic amines) is 1. The smallest absolute Gasteiger partial charge is 0.191 e. The number of rotatable bonds is 6. The van der Waals surface area contributed by atoms with E-state index < -0.39 is 0 Å². The first-order valence-corrected chi connectivity index (χ1v) is 8.88. The number of piperidine rings is 1. The topological polar surface area (TPSA) is 39.7 Å². The van der Waals surface area contributed by atoms with E-state index in [9.17, 15) is 0 Å². The Morgan fingerprint density at radius 1 is 1.12 bits per heavy atom. The van der Waals surface area contributed by atoms with Gasteiger partial charge in [-0.15, -0.1) is 24.0 Å². The van der Waals surface area contributed by atoms with Crippen molar-refractivity contribution >= 4 is 29.9 Å². The first-order valence-electron chi connectivity index (χ1n) is 8.88. The number of benzene rings is 1. The van der Waals surface area contributed by atoms with E-state index in [1.165, 1.54) is 31.6 Å². The summed E-state index contributed by atoms with van der Waals surface area (Å²) in [6, 6.07) is 10.4. The molecule has 1 aliphatic heterocycles. The van der Waals surface area contributed by atoms with Crippen LogP contribution >= 0.6 is 24.0 Å². The number of guanidine groups is 1. The number of hydrogen-bond acceptors (Lipinski definition) is 2. The van der Waals surface area contributed by atoms with Gasteiger partial charge < -0.3 is 15.5 Å². The molecular formula is C19H33IN4. The molecule has 1 heterocycles. The van der Waals surface area contributed by atoms with Crippen molar-refractivity contribution in [1.29, 1.82) is 0 Å². The zero-order valence-corrected chi connectivity index (χ0v) is 17.6. The molecule has 24 heavy (non-hydrogen) atoms. The second-order valence-corrected chi connectivity index (χ2v) is 6.90. The lowest BCUT2D eigenvalue weighted by molar-refractivity contribution is 0.140. The number of nitrogens with one attached hydrogen (secondary N) is 2. The van der Waals surface area contributed by atoms with Gasteiger partial charge in [-0.05, 0) is 36.8 Å². The van der Waals surface area contributed by atoms with Crippen LogP contribution < -0.4 is 10.6 Å². The molecule has 0 aromatic heterocycles. The summed E-state index contributed by atoms with van der Waals surface area (Å²) in [5.74, 6) is 2.56. The van der Waals surface area contributed by atoms with Gasteiger partial charge in [-0.25, -0.2) is 0 Å². The third-order valence-electron chi connectivity index (χ3n) is 4.41. The van der Waals surface area contributed by atoms with Crippen LogP contribution in [0.3, 0.4) is 0 Å². The van der Waals surface area contributed by atoms with E-state index >= 15 is 0 Å². The SMILES string of the molecule is CN=C(NCCCN1CC(C)CC(C)C1)NCc1ccccc1.I. The van der Waals surface area contributed by atoms with E-state index in [4.69, 9.17) is 0 Å². The van der Waals surface area contributed by atoms with Gasteiger partial charge >= 0.3 is 0 Å². The molecule has 2 N–H and O–H groups in total. The zero-order valence-electron chi connectivity index (χ0n) is 15.3. The van der Waals surface area contributed by atoms with E-state index in [0.29, 0.717) is 0 Å². The first kappa shape index (κ1) is 21.2. The maximum Gasteiger partial charge on any atom is 0.191 e. The number of nitrogens with zero attached hydrogens (tertiary/aromatic N) is 2. The fourth-order valence-corrected chi connectivity index (χ4v) is 3.49. The Morgan fingerprint density at radius 3 is 2.42 bits per heavy atom. The normalized spacial score (nSPS) is 21.9. The molecule has 0 bridgehead atoms. The summed E-state index contributed by atoms with van der Waals surface area (Å²) in [6.07, 6.45) is 2.54. The average molecular weight is 444 g/mol. The maximum atomic E-state index is 4.29. The molecular weight excluding hydrogens is 411 g/mol. The Morgan fingerprint density at radius 2 is 1.79 bits per heavy atom. The molecule has 1 aromatic rings. The highest BCUT2D eigenvalue weighted by Crippen LogP contribution is 2.20. The number of aliphatic imine (C=N–C) groups is 1. The molecule has 0 radical (unpaired) electrons. The second kappa shape index (κ2) is 11.7. The van der Waals surface area contributed by atoms with Gasteiger partial charge in [0.25, 0.3) is 0 Å². The molecule has 0 aliphatic carbocycles. The average Bonchev–Trinajstić information content (AvgIpc) is 2.54. The summed E-state index contributed by atoms with van der Waals surface area (Å²) in [4.78, 5) is 6.90. The van der Waals surface area contributed by atoms with Gasteiger partial charge in [-0.3, -0.25) is 4.99 Å². The fourth-order valence-electron chi connectivity index (χ4n) is 3.49. The highest BCUT2D eigenvalue weighted by Gasteiger charge is 2.20. The van der Waals surface area contributed by atoms with Crippen molar-refractivity contribution in [2.24, 2.45) is 16.8 Å². The highest BCUT2D eigenvalue weighted by molar-refractivity contribution is 14.0. The van der Waals surface area contributed by atoms with Crippen LogP contribution in [-0.2, 0) is 6.54 Å². The number of hydrogen-bond donors (Lipinski definition) is 2. The molecule has 2 unspecified atom stereocenters. The van der Waals surface area contributed by atoms with Gasteiger partial charge in [-0.2, -0.15) is 0 Å². The molecule has 1 saturated heterocycles. The summed E-state index contributed by atoms with van der Waals surface area (Å²) < 4.78 is 0. The summed E-state index contributed by atoms with van der Waals surface area (Å²) in [7, 11) is 1.83. The molecule has 136 valence electrons. The van der Waals surface area contributed by atoms with Gasteiger partial charge in [0, 0.05) is 33.2 Å². The summed E-state index contributed by atoms with van der Waals surface area (Å²) in [5, 5.41) is 6.78. The third kappa shape index (κ3) is 7.83. The van der Waals surface area contributed by atoms with Crippen molar-refractivity contribution in [1.82, 2.24) is 15.5 Å². The maximum absolute atomic E-state index is 4.29. The van der Waals surface area contributed by atoms with Crippen molar-refractivity contribution in [2.45, 2.75) is 33.2 Å². The largest absolute Gasteiger partial charge is 0.356 e. The van der Waals surface area contributed by atoms with Crippen molar-refractivity contribution in [3.8, 4) is 0 Å². The molecule has 1 aliphatic rings. The molecule has 4 nitrogen and oxygen atoms in total. The van der Waals surface area contributed by atoms with E-state index in [2.05, 4.69) is 58.6 Å². The van der Waals surface area contributed by atoms with Crippen LogP contribution in [0.1, 0.15) is 32.3 Å². The van der Waals surface area contributed by atoms with Gasteiger partial charge in [0.2, 0.25) is 0 Å². The minimum atomic E-state index is 0. The Kier molecular flexibility index (Phi) is 10.3. The summed E-state index contributed by atoms with van der Waals surface area (Å²) in [6.45, 7) is 10.2. The monoisotopic (exact) mass is 444 g/mol. The third-order valence-corrected chi connectivity index (χ3v) is 4.41. The predicted molar refractivity (Wildman–Crippen MR) is 114 cm³/mol. The summed E-state index contributed by atoms with van der Waals surface area (Å²) >= 11 is 0. The number of halogens is 1. The molecule has 1 aromatic carbocycles. The minimum Gasteiger partial charge on any atom is -0.356 e. The first-order chi connectivity index (χ1) is 11.2. The predicted octanol–water partition coefficient (Wildman–Crippen LogP) is 3.34. The fraction of sp³-hybridized carbons (Fsp3) is 0.632. The molecule has 0 saturated carbocycles. The van der Waals surface area contributed by atoms with Gasteiger partial charge in [0.1, 0.15) is 0 Å². The van der Waals surface area contributed by atoms with Crippen LogP contribution in [0.4, 0.5) is 0 Å². The lowest BCUT2D eigenvalue weighted by Crippen LogP contribution is -2.41. The molecule has 2 atom stereocenters. The van der Waals surface area contributed by atoms with Crippen LogP contribution in [0, 0.1) is 11.8 Å². The standard InChI is InChI=1S/C19H32N4.HI/c1-16-12-17(2)15-23(14-16)11-7-10-21-19(20-3)22-13-18-8-5-4-6-9-18;/h4-6,8-9,16-17H,7,10-15H2,1-3H3,(H2,20,21,22);1H. The Hall–Kier alpha value is -0.820. The van der Waals surface area contributed by atoms with E-state index in [1.807, 2.05) is 13.1 Å². The van der Waals surface area contributed by atoms with E-state index in [0.717, 1.165) is 37.3 Å². The van der Waals surface area contributed by atoms with Crippen LogP contribution in [0.15, 0.2) is 35.3 Å². The molecule has 5 heteroatoms. The molecule has 2 rings (SSSR count). The van der Waals surface area contributed by atoms with E-state index in [1.54, 1.807) is 0 Å². The Labute approximate surface area is 164 Å².